The molecule has 0 saturated carbocycles. The average molecular weight is 328 g/mol. The van der Waals surface area contributed by atoms with Gasteiger partial charge >= 0.3 is 0 Å². The smallest absolute Gasteiger partial charge is 0.223 e. The van der Waals surface area contributed by atoms with E-state index < -0.39 is 0 Å². The molecule has 2 aromatic heterocycles. The molecular weight excluding hydrogens is 304 g/mol. The standard InChI is InChI=1S/C17H24N6O/c1-13-15(14(2)21(3)20-13)4-5-17(24)23-10-8-22(9-11-23)16-12-18-6-7-19-16/h6-7,12H,4-5,8-11H2,1-3H3. The van der Waals surface area contributed by atoms with Gasteiger partial charge in [-0.3, -0.25) is 14.5 Å². The van der Waals surface area contributed by atoms with Crippen molar-refractivity contribution in [2.24, 2.45) is 7.05 Å². The summed E-state index contributed by atoms with van der Waals surface area (Å²) in [7, 11) is 1.94. The van der Waals surface area contributed by atoms with Crippen molar-refractivity contribution in [3.8, 4) is 0 Å². The van der Waals surface area contributed by atoms with E-state index in [1.165, 1.54) is 5.56 Å². The van der Waals surface area contributed by atoms with Gasteiger partial charge in [-0.15, -0.1) is 0 Å². The molecule has 2 aromatic rings. The first-order chi connectivity index (χ1) is 11.6. The van der Waals surface area contributed by atoms with Crippen molar-refractivity contribution in [2.75, 3.05) is 31.1 Å². The maximum absolute atomic E-state index is 12.5. The summed E-state index contributed by atoms with van der Waals surface area (Å²) in [5.74, 6) is 1.10. The van der Waals surface area contributed by atoms with E-state index >= 15 is 0 Å². The highest BCUT2D eigenvalue weighted by Crippen LogP contribution is 2.16. The Bertz CT molecular complexity index is 703. The van der Waals surface area contributed by atoms with E-state index in [1.54, 1.807) is 18.6 Å². The van der Waals surface area contributed by atoms with Crippen molar-refractivity contribution < 1.29 is 4.79 Å². The maximum Gasteiger partial charge on any atom is 0.223 e. The number of carbonyl (C=O) groups excluding carboxylic acids is 1. The molecule has 0 N–H and O–H groups in total. The highest BCUT2D eigenvalue weighted by atomic mass is 16.2. The highest BCUT2D eigenvalue weighted by Gasteiger charge is 2.22. The molecule has 3 heterocycles. The molecule has 0 bridgehead atoms. The van der Waals surface area contributed by atoms with Crippen molar-refractivity contribution in [3.63, 3.8) is 0 Å². The van der Waals surface area contributed by atoms with Crippen LogP contribution in [0.15, 0.2) is 18.6 Å². The van der Waals surface area contributed by atoms with Crippen LogP contribution in [0.5, 0.6) is 0 Å². The van der Waals surface area contributed by atoms with Gasteiger partial charge in [0.2, 0.25) is 5.91 Å². The highest BCUT2D eigenvalue weighted by molar-refractivity contribution is 5.76. The summed E-state index contributed by atoms with van der Waals surface area (Å²) in [6, 6.07) is 0. The van der Waals surface area contributed by atoms with Gasteiger partial charge in [0, 0.05) is 57.7 Å². The number of anilines is 1. The fourth-order valence-corrected chi connectivity index (χ4v) is 3.21. The van der Waals surface area contributed by atoms with E-state index in [0.717, 1.165) is 49.8 Å². The Kier molecular flexibility index (Phi) is 4.78. The predicted molar refractivity (Wildman–Crippen MR) is 91.8 cm³/mol. The van der Waals surface area contributed by atoms with Crippen LogP contribution in [0.1, 0.15) is 23.4 Å². The van der Waals surface area contributed by atoms with Crippen molar-refractivity contribution in [1.82, 2.24) is 24.6 Å². The molecule has 0 atom stereocenters. The van der Waals surface area contributed by atoms with E-state index in [2.05, 4.69) is 26.9 Å². The first-order valence-electron chi connectivity index (χ1n) is 8.34. The number of amides is 1. The zero-order chi connectivity index (χ0) is 17.1. The molecule has 128 valence electrons. The predicted octanol–water partition coefficient (Wildman–Crippen LogP) is 1.11. The molecule has 1 fully saturated rings. The van der Waals surface area contributed by atoms with Gasteiger partial charge in [0.05, 0.1) is 11.9 Å². The topological polar surface area (TPSA) is 67.2 Å². The molecule has 1 aliphatic heterocycles. The lowest BCUT2D eigenvalue weighted by atomic mass is 10.1. The van der Waals surface area contributed by atoms with Crippen molar-refractivity contribution in [3.05, 3.63) is 35.5 Å². The van der Waals surface area contributed by atoms with Crippen LogP contribution >= 0.6 is 0 Å². The SMILES string of the molecule is Cc1nn(C)c(C)c1CCC(=O)N1CCN(c2cnccn2)CC1. The summed E-state index contributed by atoms with van der Waals surface area (Å²) in [5, 5.41) is 4.42. The van der Waals surface area contributed by atoms with E-state index in [-0.39, 0.29) is 5.91 Å². The normalized spacial score (nSPS) is 15.0. The molecule has 24 heavy (non-hydrogen) atoms. The second-order valence-electron chi connectivity index (χ2n) is 6.20. The summed E-state index contributed by atoms with van der Waals surface area (Å²) in [4.78, 5) is 25.0. The Balaban J connectivity index is 1.52. The Labute approximate surface area is 142 Å². The fourth-order valence-electron chi connectivity index (χ4n) is 3.21. The number of hydrogen-bond donors (Lipinski definition) is 0. The molecule has 0 spiro atoms. The van der Waals surface area contributed by atoms with Gasteiger partial charge in [0.1, 0.15) is 5.82 Å². The van der Waals surface area contributed by atoms with Gasteiger partial charge in [-0.05, 0) is 25.8 Å². The average Bonchev–Trinajstić information content (AvgIpc) is 2.86. The lowest BCUT2D eigenvalue weighted by Crippen LogP contribution is -2.49. The van der Waals surface area contributed by atoms with Crippen LogP contribution in [0, 0.1) is 13.8 Å². The number of nitrogens with zero attached hydrogens (tertiary/aromatic N) is 6. The minimum atomic E-state index is 0.219. The molecule has 7 heteroatoms. The number of aromatic nitrogens is 4. The van der Waals surface area contributed by atoms with Crippen LogP contribution in [-0.2, 0) is 18.3 Å². The third-order valence-electron chi connectivity index (χ3n) is 4.75. The molecule has 1 saturated heterocycles. The Morgan fingerprint density at radius 2 is 1.92 bits per heavy atom. The van der Waals surface area contributed by atoms with Crippen LogP contribution in [0.4, 0.5) is 5.82 Å². The first kappa shape index (κ1) is 16.4. The minimum Gasteiger partial charge on any atom is -0.352 e. The molecule has 0 aliphatic carbocycles. The number of aryl methyl sites for hydroxylation is 2. The summed E-state index contributed by atoms with van der Waals surface area (Å²) < 4.78 is 1.88. The maximum atomic E-state index is 12.5. The van der Waals surface area contributed by atoms with Crippen LogP contribution in [-0.4, -0.2) is 56.7 Å². The second kappa shape index (κ2) is 6.98. The number of hydrogen-bond acceptors (Lipinski definition) is 5. The van der Waals surface area contributed by atoms with Gasteiger partial charge in [-0.1, -0.05) is 0 Å². The molecule has 1 amide bonds. The Morgan fingerprint density at radius 1 is 1.17 bits per heavy atom. The third-order valence-corrected chi connectivity index (χ3v) is 4.75. The van der Waals surface area contributed by atoms with E-state index in [1.807, 2.05) is 23.6 Å². The molecule has 1 aliphatic rings. The molecule has 0 unspecified atom stereocenters. The largest absolute Gasteiger partial charge is 0.352 e. The molecule has 7 nitrogen and oxygen atoms in total. The molecular formula is C17H24N6O. The van der Waals surface area contributed by atoms with Crippen LogP contribution in [0.3, 0.4) is 0 Å². The van der Waals surface area contributed by atoms with Crippen molar-refractivity contribution in [2.45, 2.75) is 26.7 Å². The summed E-state index contributed by atoms with van der Waals surface area (Å²) >= 11 is 0. The van der Waals surface area contributed by atoms with Crippen LogP contribution in [0.2, 0.25) is 0 Å². The number of carbonyl (C=O) groups is 1. The lowest BCUT2D eigenvalue weighted by molar-refractivity contribution is -0.131. The minimum absolute atomic E-state index is 0.219. The van der Waals surface area contributed by atoms with Gasteiger partial charge in [0.15, 0.2) is 0 Å². The van der Waals surface area contributed by atoms with Gasteiger partial charge in [-0.2, -0.15) is 5.10 Å². The number of piperazine rings is 1. The van der Waals surface area contributed by atoms with E-state index in [0.29, 0.717) is 6.42 Å². The molecule has 3 rings (SSSR count). The zero-order valence-corrected chi connectivity index (χ0v) is 14.6. The van der Waals surface area contributed by atoms with Gasteiger partial charge in [0.25, 0.3) is 0 Å². The van der Waals surface area contributed by atoms with Gasteiger partial charge in [-0.25, -0.2) is 4.98 Å². The first-order valence-corrected chi connectivity index (χ1v) is 8.34. The lowest BCUT2D eigenvalue weighted by Gasteiger charge is -2.35. The zero-order valence-electron chi connectivity index (χ0n) is 14.6. The van der Waals surface area contributed by atoms with Crippen molar-refractivity contribution >= 4 is 11.7 Å². The number of rotatable bonds is 4. The summed E-state index contributed by atoms with van der Waals surface area (Å²) in [6.07, 6.45) is 6.44. The van der Waals surface area contributed by atoms with Crippen LogP contribution < -0.4 is 4.90 Å². The Morgan fingerprint density at radius 3 is 2.50 bits per heavy atom. The van der Waals surface area contributed by atoms with Gasteiger partial charge < -0.3 is 9.80 Å². The van der Waals surface area contributed by atoms with E-state index in [4.69, 9.17) is 0 Å². The molecule has 0 aromatic carbocycles. The fraction of sp³-hybridized carbons (Fsp3) is 0.529. The third kappa shape index (κ3) is 3.39. The van der Waals surface area contributed by atoms with E-state index in [9.17, 15) is 4.79 Å². The Hall–Kier alpha value is -2.44. The second-order valence-corrected chi connectivity index (χ2v) is 6.20. The summed E-state index contributed by atoms with van der Waals surface area (Å²) in [5.41, 5.74) is 3.37. The quantitative estimate of drug-likeness (QED) is 0.841. The summed E-state index contributed by atoms with van der Waals surface area (Å²) in [6.45, 7) is 7.14. The monoisotopic (exact) mass is 328 g/mol. The van der Waals surface area contributed by atoms with Crippen LogP contribution in [0.25, 0.3) is 0 Å². The van der Waals surface area contributed by atoms with Crippen molar-refractivity contribution in [1.29, 1.82) is 0 Å². The molecule has 0 radical (unpaired) electrons.